The predicted molar refractivity (Wildman–Crippen MR) is 92.9 cm³/mol. The van der Waals surface area contributed by atoms with Crippen molar-refractivity contribution >= 4 is 31.9 Å². The van der Waals surface area contributed by atoms with Crippen molar-refractivity contribution in [1.82, 2.24) is 0 Å². The topological polar surface area (TPSA) is 9.23 Å². The first-order valence-electron chi connectivity index (χ1n) is 6.32. The van der Waals surface area contributed by atoms with Crippen molar-refractivity contribution < 1.29 is 4.74 Å². The van der Waals surface area contributed by atoms with E-state index in [1.807, 2.05) is 48.5 Å². The molecule has 3 heteroatoms. The first-order chi connectivity index (χ1) is 10.3. The number of hydrogen-bond donors (Lipinski definition) is 0. The Morgan fingerprint density at radius 3 is 1.57 bits per heavy atom. The van der Waals surface area contributed by atoms with Gasteiger partial charge in [0.15, 0.2) is 0 Å². The van der Waals surface area contributed by atoms with Gasteiger partial charge in [0.05, 0.1) is 0 Å². The van der Waals surface area contributed by atoms with Gasteiger partial charge in [-0.15, -0.1) is 0 Å². The van der Waals surface area contributed by atoms with Crippen LogP contribution in [0.5, 0.6) is 0 Å². The monoisotopic (exact) mass is 402 g/mol. The summed E-state index contributed by atoms with van der Waals surface area (Å²) in [5.41, 5.74) is 1.92. The fourth-order valence-electron chi connectivity index (χ4n) is 1.54. The molecule has 0 spiro atoms. The predicted octanol–water partition coefficient (Wildman–Crippen LogP) is 4.63. The SMILES string of the molecule is Brc1ccccc1C#CCOCC#Cc1ccccc1Br. The minimum Gasteiger partial charge on any atom is -0.356 e. The highest BCUT2D eigenvalue weighted by Crippen LogP contribution is 2.14. The molecular weight excluding hydrogens is 392 g/mol. The maximum absolute atomic E-state index is 5.38. The van der Waals surface area contributed by atoms with E-state index in [0.29, 0.717) is 13.2 Å². The third-order valence-electron chi connectivity index (χ3n) is 2.54. The number of hydrogen-bond acceptors (Lipinski definition) is 1. The van der Waals surface area contributed by atoms with Crippen LogP contribution in [0.25, 0.3) is 0 Å². The lowest BCUT2D eigenvalue weighted by Gasteiger charge is -1.94. The van der Waals surface area contributed by atoms with Crippen molar-refractivity contribution in [3.05, 3.63) is 68.6 Å². The summed E-state index contributed by atoms with van der Waals surface area (Å²) in [6, 6.07) is 15.7. The minimum absolute atomic E-state index is 0.367. The minimum atomic E-state index is 0.367. The lowest BCUT2D eigenvalue weighted by atomic mass is 10.2. The average Bonchev–Trinajstić information content (AvgIpc) is 2.50. The molecule has 0 saturated heterocycles. The van der Waals surface area contributed by atoms with Crippen LogP contribution in [-0.2, 0) is 4.74 Å². The summed E-state index contributed by atoms with van der Waals surface area (Å²) < 4.78 is 7.36. The Balaban J connectivity index is 1.80. The van der Waals surface area contributed by atoms with Gasteiger partial charge in [-0.2, -0.15) is 0 Å². The summed E-state index contributed by atoms with van der Waals surface area (Å²) in [7, 11) is 0. The zero-order valence-corrected chi connectivity index (χ0v) is 14.4. The van der Waals surface area contributed by atoms with Crippen molar-refractivity contribution in [3.8, 4) is 23.7 Å². The zero-order chi connectivity index (χ0) is 14.9. The molecule has 0 aliphatic carbocycles. The van der Waals surface area contributed by atoms with Gasteiger partial charge in [0.1, 0.15) is 13.2 Å². The molecular formula is C18H12Br2O. The highest BCUT2D eigenvalue weighted by Gasteiger charge is 1.92. The Labute approximate surface area is 142 Å². The van der Waals surface area contributed by atoms with Gasteiger partial charge in [-0.25, -0.2) is 0 Å². The number of ether oxygens (including phenoxy) is 1. The Kier molecular flexibility index (Phi) is 6.57. The molecule has 0 unspecified atom stereocenters. The van der Waals surface area contributed by atoms with Gasteiger partial charge >= 0.3 is 0 Å². The van der Waals surface area contributed by atoms with Gasteiger partial charge in [0, 0.05) is 20.1 Å². The Hall–Kier alpha value is -1.52. The van der Waals surface area contributed by atoms with Gasteiger partial charge in [-0.05, 0) is 56.1 Å². The number of rotatable bonds is 2. The van der Waals surface area contributed by atoms with Crippen molar-refractivity contribution in [3.63, 3.8) is 0 Å². The van der Waals surface area contributed by atoms with Crippen LogP contribution in [0.2, 0.25) is 0 Å². The lowest BCUT2D eigenvalue weighted by Crippen LogP contribution is -1.91. The molecule has 2 aromatic rings. The first kappa shape index (κ1) is 15.9. The van der Waals surface area contributed by atoms with E-state index < -0.39 is 0 Å². The smallest absolute Gasteiger partial charge is 0.109 e. The molecule has 0 N–H and O–H groups in total. The molecule has 0 aromatic heterocycles. The Bertz CT molecular complexity index is 666. The number of halogens is 2. The van der Waals surface area contributed by atoms with E-state index in [9.17, 15) is 0 Å². The highest BCUT2D eigenvalue weighted by molar-refractivity contribution is 9.10. The molecule has 0 aliphatic rings. The van der Waals surface area contributed by atoms with Gasteiger partial charge in [0.2, 0.25) is 0 Å². The van der Waals surface area contributed by atoms with Gasteiger partial charge in [-0.1, -0.05) is 47.9 Å². The molecule has 0 saturated carbocycles. The molecule has 0 bridgehead atoms. The summed E-state index contributed by atoms with van der Waals surface area (Å²) in [5.74, 6) is 12.1. The standard InChI is InChI=1S/C18H12Br2O/c19-17-11-3-1-7-15(17)9-5-13-21-14-6-10-16-8-2-4-12-18(16)20/h1-4,7-8,11-12H,13-14H2. The third-order valence-corrected chi connectivity index (χ3v) is 3.93. The number of benzene rings is 2. The molecule has 2 aromatic carbocycles. The molecule has 21 heavy (non-hydrogen) atoms. The first-order valence-corrected chi connectivity index (χ1v) is 7.90. The fraction of sp³-hybridized carbons (Fsp3) is 0.111. The maximum Gasteiger partial charge on any atom is 0.109 e. The maximum atomic E-state index is 5.38. The Morgan fingerprint density at radius 2 is 1.14 bits per heavy atom. The molecule has 1 nitrogen and oxygen atoms in total. The lowest BCUT2D eigenvalue weighted by molar-refractivity contribution is 0.204. The highest BCUT2D eigenvalue weighted by atomic mass is 79.9. The molecule has 0 radical (unpaired) electrons. The molecule has 0 atom stereocenters. The van der Waals surface area contributed by atoms with E-state index in [-0.39, 0.29) is 0 Å². The summed E-state index contributed by atoms with van der Waals surface area (Å²) in [5, 5.41) is 0. The van der Waals surface area contributed by atoms with Crippen LogP contribution in [0.4, 0.5) is 0 Å². The van der Waals surface area contributed by atoms with Crippen molar-refractivity contribution in [2.24, 2.45) is 0 Å². The van der Waals surface area contributed by atoms with Crippen LogP contribution in [0.3, 0.4) is 0 Å². The molecule has 104 valence electrons. The van der Waals surface area contributed by atoms with Crippen LogP contribution in [0.15, 0.2) is 57.5 Å². The van der Waals surface area contributed by atoms with Crippen LogP contribution in [-0.4, -0.2) is 13.2 Å². The van der Waals surface area contributed by atoms with Crippen LogP contribution in [0.1, 0.15) is 11.1 Å². The second-order valence-corrected chi connectivity index (χ2v) is 5.76. The van der Waals surface area contributed by atoms with E-state index >= 15 is 0 Å². The van der Waals surface area contributed by atoms with Crippen molar-refractivity contribution in [1.29, 1.82) is 0 Å². The molecule has 0 aliphatic heterocycles. The van der Waals surface area contributed by atoms with E-state index in [1.165, 1.54) is 0 Å². The van der Waals surface area contributed by atoms with E-state index in [2.05, 4.69) is 55.5 Å². The van der Waals surface area contributed by atoms with Crippen LogP contribution in [0, 0.1) is 23.7 Å². The van der Waals surface area contributed by atoms with Gasteiger partial charge in [-0.3, -0.25) is 0 Å². The van der Waals surface area contributed by atoms with Gasteiger partial charge in [0.25, 0.3) is 0 Å². The Morgan fingerprint density at radius 1 is 0.714 bits per heavy atom. The van der Waals surface area contributed by atoms with Crippen LogP contribution < -0.4 is 0 Å². The summed E-state index contributed by atoms with van der Waals surface area (Å²) in [6.45, 7) is 0.734. The van der Waals surface area contributed by atoms with Crippen LogP contribution >= 0.6 is 31.9 Å². The molecule has 0 heterocycles. The second-order valence-electron chi connectivity index (χ2n) is 4.06. The normalized spacial score (nSPS) is 9.24. The third kappa shape index (κ3) is 5.40. The molecule has 2 rings (SSSR count). The van der Waals surface area contributed by atoms with Crippen molar-refractivity contribution in [2.45, 2.75) is 0 Å². The largest absolute Gasteiger partial charge is 0.356 e. The fourth-order valence-corrected chi connectivity index (χ4v) is 2.31. The second kappa shape index (κ2) is 8.70. The van der Waals surface area contributed by atoms with Crippen molar-refractivity contribution in [2.75, 3.05) is 13.2 Å². The zero-order valence-electron chi connectivity index (χ0n) is 11.2. The quantitative estimate of drug-likeness (QED) is 0.524. The van der Waals surface area contributed by atoms with E-state index in [0.717, 1.165) is 20.1 Å². The molecule has 0 amide bonds. The summed E-state index contributed by atoms with van der Waals surface area (Å²) in [6.07, 6.45) is 0. The summed E-state index contributed by atoms with van der Waals surface area (Å²) in [4.78, 5) is 0. The van der Waals surface area contributed by atoms with E-state index in [4.69, 9.17) is 4.74 Å². The molecule has 0 fully saturated rings. The summed E-state index contributed by atoms with van der Waals surface area (Å²) >= 11 is 6.91. The average molecular weight is 404 g/mol. The van der Waals surface area contributed by atoms with Gasteiger partial charge < -0.3 is 4.74 Å². The van der Waals surface area contributed by atoms with E-state index in [1.54, 1.807) is 0 Å².